The highest BCUT2D eigenvalue weighted by molar-refractivity contribution is 5.97. The molecule has 19 heavy (non-hydrogen) atoms. The summed E-state index contributed by atoms with van der Waals surface area (Å²) in [6.45, 7) is 5.98. The lowest BCUT2D eigenvalue weighted by atomic mass is 10.0. The maximum Gasteiger partial charge on any atom is 0.241 e. The first kappa shape index (κ1) is 14.0. The van der Waals surface area contributed by atoms with E-state index in [9.17, 15) is 4.79 Å². The molecule has 0 aromatic heterocycles. The van der Waals surface area contributed by atoms with Crippen LogP contribution in [0.1, 0.15) is 17.5 Å². The van der Waals surface area contributed by atoms with Gasteiger partial charge in [-0.2, -0.15) is 0 Å². The molecule has 0 bridgehead atoms. The second kappa shape index (κ2) is 5.72. The summed E-state index contributed by atoms with van der Waals surface area (Å²) in [5, 5.41) is 0. The summed E-state index contributed by atoms with van der Waals surface area (Å²) in [6.07, 6.45) is 0.922. The molecular weight excluding hydrogens is 238 g/mol. The Kier molecular flexibility index (Phi) is 4.22. The number of benzene rings is 1. The van der Waals surface area contributed by atoms with Crippen molar-refractivity contribution in [1.29, 1.82) is 0 Å². The Morgan fingerprint density at radius 1 is 1.32 bits per heavy atom. The number of piperazine rings is 1. The van der Waals surface area contributed by atoms with Gasteiger partial charge in [0, 0.05) is 18.3 Å². The zero-order chi connectivity index (χ0) is 14.0. The minimum absolute atomic E-state index is 0.174. The number of rotatable bonds is 3. The number of amides is 1. The zero-order valence-corrected chi connectivity index (χ0v) is 12.0. The molecule has 0 radical (unpaired) electrons. The highest BCUT2D eigenvalue weighted by Crippen LogP contribution is 2.27. The van der Waals surface area contributed by atoms with E-state index < -0.39 is 0 Å². The van der Waals surface area contributed by atoms with Crippen LogP contribution < -0.4 is 10.6 Å². The van der Waals surface area contributed by atoms with E-state index in [4.69, 9.17) is 5.73 Å². The van der Waals surface area contributed by atoms with Crippen molar-refractivity contribution in [2.45, 2.75) is 26.3 Å². The van der Waals surface area contributed by atoms with Crippen molar-refractivity contribution in [2.24, 2.45) is 5.73 Å². The molecule has 1 amide bonds. The molecule has 1 saturated heterocycles. The van der Waals surface area contributed by atoms with Gasteiger partial charge in [-0.25, -0.2) is 0 Å². The molecule has 4 nitrogen and oxygen atoms in total. The molecule has 2 rings (SSSR count). The number of hydrogen-bond donors (Lipinski definition) is 1. The van der Waals surface area contributed by atoms with Crippen LogP contribution in [0.15, 0.2) is 18.2 Å². The van der Waals surface area contributed by atoms with E-state index in [1.165, 1.54) is 0 Å². The first-order chi connectivity index (χ1) is 9.04. The van der Waals surface area contributed by atoms with Crippen molar-refractivity contribution in [3.63, 3.8) is 0 Å². The molecule has 1 unspecified atom stereocenters. The summed E-state index contributed by atoms with van der Waals surface area (Å²) < 4.78 is 0. The molecule has 1 aliphatic heterocycles. The van der Waals surface area contributed by atoms with Crippen LogP contribution in [0.3, 0.4) is 0 Å². The molecule has 104 valence electrons. The molecule has 2 N–H and O–H groups in total. The van der Waals surface area contributed by atoms with Gasteiger partial charge >= 0.3 is 0 Å². The minimum atomic E-state index is 0.174. The van der Waals surface area contributed by atoms with Crippen molar-refractivity contribution in [3.8, 4) is 0 Å². The summed E-state index contributed by atoms with van der Waals surface area (Å²) in [7, 11) is 2.00. The van der Waals surface area contributed by atoms with E-state index in [1.54, 1.807) is 0 Å². The van der Waals surface area contributed by atoms with E-state index in [0.29, 0.717) is 19.1 Å². The number of anilines is 1. The molecule has 1 aliphatic rings. The van der Waals surface area contributed by atoms with E-state index in [1.807, 2.05) is 18.0 Å². The van der Waals surface area contributed by atoms with Crippen molar-refractivity contribution in [2.75, 3.05) is 31.6 Å². The minimum Gasteiger partial charge on any atom is -0.330 e. The standard InChI is InChI=1S/C15H23N3O/c1-11-5-4-6-12(2)15(11)18-9-13(7-8-16)17(3)10-14(18)19/h4-6,13H,7-10,16H2,1-3H3. The van der Waals surface area contributed by atoms with Crippen LogP contribution in [0.25, 0.3) is 0 Å². The van der Waals surface area contributed by atoms with Crippen LogP contribution >= 0.6 is 0 Å². The summed E-state index contributed by atoms with van der Waals surface area (Å²) in [4.78, 5) is 16.4. The summed E-state index contributed by atoms with van der Waals surface area (Å²) >= 11 is 0. The molecule has 1 aromatic carbocycles. The summed E-state index contributed by atoms with van der Waals surface area (Å²) in [6, 6.07) is 6.51. The van der Waals surface area contributed by atoms with Crippen LogP contribution in [0.2, 0.25) is 0 Å². The van der Waals surface area contributed by atoms with Gasteiger partial charge in [-0.15, -0.1) is 0 Å². The van der Waals surface area contributed by atoms with Gasteiger partial charge in [0.1, 0.15) is 0 Å². The van der Waals surface area contributed by atoms with Gasteiger partial charge in [0.2, 0.25) is 5.91 Å². The SMILES string of the molecule is Cc1cccc(C)c1N1CC(CCN)N(C)CC1=O. The van der Waals surface area contributed by atoms with Crippen molar-refractivity contribution in [3.05, 3.63) is 29.3 Å². The smallest absolute Gasteiger partial charge is 0.241 e. The molecule has 0 saturated carbocycles. The zero-order valence-electron chi connectivity index (χ0n) is 12.0. The Bertz CT molecular complexity index is 452. The summed E-state index contributed by atoms with van der Waals surface area (Å²) in [5.74, 6) is 0.174. The average Bonchev–Trinajstić information content (AvgIpc) is 2.34. The third-order valence-corrected chi connectivity index (χ3v) is 3.91. The fourth-order valence-corrected chi connectivity index (χ4v) is 2.83. The third-order valence-electron chi connectivity index (χ3n) is 3.91. The van der Waals surface area contributed by atoms with Crippen LogP contribution in [0, 0.1) is 13.8 Å². The molecule has 1 heterocycles. The first-order valence-electron chi connectivity index (χ1n) is 6.81. The number of para-hydroxylation sites is 1. The summed E-state index contributed by atoms with van der Waals surface area (Å²) in [5.41, 5.74) is 9.06. The Morgan fingerprint density at radius 3 is 2.53 bits per heavy atom. The second-order valence-corrected chi connectivity index (χ2v) is 5.39. The predicted molar refractivity (Wildman–Crippen MR) is 78.4 cm³/mol. The van der Waals surface area contributed by atoms with E-state index in [2.05, 4.69) is 30.9 Å². The molecule has 4 heteroatoms. The Balaban J connectivity index is 2.30. The number of nitrogens with two attached hydrogens (primary N) is 1. The molecule has 0 spiro atoms. The number of hydrogen-bond acceptors (Lipinski definition) is 3. The lowest BCUT2D eigenvalue weighted by Gasteiger charge is -2.40. The Labute approximate surface area is 115 Å². The van der Waals surface area contributed by atoms with Gasteiger partial charge in [-0.3, -0.25) is 9.69 Å². The second-order valence-electron chi connectivity index (χ2n) is 5.39. The topological polar surface area (TPSA) is 49.6 Å². The monoisotopic (exact) mass is 261 g/mol. The van der Waals surface area contributed by atoms with Gasteiger partial charge < -0.3 is 10.6 Å². The Hall–Kier alpha value is -1.39. The predicted octanol–water partition coefficient (Wildman–Crippen LogP) is 1.30. The van der Waals surface area contributed by atoms with Gasteiger partial charge in [0.05, 0.1) is 6.54 Å². The van der Waals surface area contributed by atoms with Crippen LogP contribution in [0.5, 0.6) is 0 Å². The number of carbonyl (C=O) groups excluding carboxylic acids is 1. The van der Waals surface area contributed by atoms with Crippen molar-refractivity contribution in [1.82, 2.24) is 4.90 Å². The van der Waals surface area contributed by atoms with Gasteiger partial charge in [0.25, 0.3) is 0 Å². The molecule has 1 aromatic rings. The quantitative estimate of drug-likeness (QED) is 0.892. The van der Waals surface area contributed by atoms with E-state index >= 15 is 0 Å². The largest absolute Gasteiger partial charge is 0.330 e. The molecule has 0 aliphatic carbocycles. The molecule has 1 fully saturated rings. The maximum atomic E-state index is 12.3. The van der Waals surface area contributed by atoms with Crippen LogP contribution in [0.4, 0.5) is 5.69 Å². The van der Waals surface area contributed by atoms with Crippen LogP contribution in [-0.2, 0) is 4.79 Å². The lowest BCUT2D eigenvalue weighted by molar-refractivity contribution is -0.122. The molecule has 1 atom stereocenters. The number of nitrogens with zero attached hydrogens (tertiary/aromatic N) is 2. The number of aryl methyl sites for hydroxylation is 2. The van der Waals surface area contributed by atoms with Crippen molar-refractivity contribution >= 4 is 11.6 Å². The number of likely N-dealkylation sites (N-methyl/N-ethyl adjacent to an activating group) is 1. The average molecular weight is 261 g/mol. The van der Waals surface area contributed by atoms with Gasteiger partial charge in [-0.1, -0.05) is 18.2 Å². The van der Waals surface area contributed by atoms with Crippen LogP contribution in [-0.4, -0.2) is 43.5 Å². The highest BCUT2D eigenvalue weighted by atomic mass is 16.2. The fourth-order valence-electron chi connectivity index (χ4n) is 2.83. The van der Waals surface area contributed by atoms with Crippen molar-refractivity contribution < 1.29 is 4.79 Å². The maximum absolute atomic E-state index is 12.3. The molecular formula is C15H23N3O. The Morgan fingerprint density at radius 2 is 1.95 bits per heavy atom. The highest BCUT2D eigenvalue weighted by Gasteiger charge is 2.31. The van der Waals surface area contributed by atoms with Gasteiger partial charge in [0.15, 0.2) is 0 Å². The fraction of sp³-hybridized carbons (Fsp3) is 0.533. The van der Waals surface area contributed by atoms with E-state index in [-0.39, 0.29) is 5.91 Å². The lowest BCUT2D eigenvalue weighted by Crippen LogP contribution is -2.55. The van der Waals surface area contributed by atoms with Gasteiger partial charge in [-0.05, 0) is 45.0 Å². The third kappa shape index (κ3) is 2.80. The number of carbonyl (C=O) groups is 1. The first-order valence-corrected chi connectivity index (χ1v) is 6.81. The normalized spacial score (nSPS) is 20.9. The van der Waals surface area contributed by atoms with E-state index in [0.717, 1.165) is 29.8 Å².